The zero-order valence-corrected chi connectivity index (χ0v) is 10.5. The summed E-state index contributed by atoms with van der Waals surface area (Å²) in [5.41, 5.74) is 1.54. The smallest absolute Gasteiger partial charge is 0.254 e. The molecule has 18 heavy (non-hydrogen) atoms. The molecule has 1 amide bonds. The second-order valence-corrected chi connectivity index (χ2v) is 5.32. The van der Waals surface area contributed by atoms with E-state index in [0.717, 1.165) is 25.2 Å². The summed E-state index contributed by atoms with van der Waals surface area (Å²) in [4.78, 5) is 14.4. The van der Waals surface area contributed by atoms with Gasteiger partial charge in [0.15, 0.2) is 0 Å². The third-order valence-electron chi connectivity index (χ3n) is 4.09. The van der Waals surface area contributed by atoms with E-state index in [2.05, 4.69) is 5.32 Å². The standard InChI is InChI=1S/C14H18N2O2/c1-9-6-11(17)2-3-12(9)14(18)16-7-10-4-5-15-13(10)8-16/h2-3,6,10,13,15,17H,4-5,7-8H2,1H3/t10-,13+/m0/s1. The van der Waals surface area contributed by atoms with Gasteiger partial charge in [0, 0.05) is 24.7 Å². The largest absolute Gasteiger partial charge is 0.508 e. The monoisotopic (exact) mass is 246 g/mol. The van der Waals surface area contributed by atoms with Crippen LogP contribution < -0.4 is 5.32 Å². The van der Waals surface area contributed by atoms with Gasteiger partial charge in [-0.05, 0) is 49.6 Å². The number of phenols is 1. The van der Waals surface area contributed by atoms with Crippen LogP contribution in [0.25, 0.3) is 0 Å². The van der Waals surface area contributed by atoms with E-state index in [9.17, 15) is 9.90 Å². The fraction of sp³-hybridized carbons (Fsp3) is 0.500. The van der Waals surface area contributed by atoms with Crippen molar-refractivity contribution in [3.63, 3.8) is 0 Å². The van der Waals surface area contributed by atoms with Crippen LogP contribution in [0.3, 0.4) is 0 Å². The predicted octanol–water partition coefficient (Wildman–Crippen LogP) is 1.13. The first kappa shape index (κ1) is 11.5. The number of phenolic OH excluding ortho intramolecular Hbond substituents is 1. The van der Waals surface area contributed by atoms with Gasteiger partial charge in [0.2, 0.25) is 0 Å². The van der Waals surface area contributed by atoms with Crippen molar-refractivity contribution in [2.75, 3.05) is 19.6 Å². The molecule has 0 spiro atoms. The summed E-state index contributed by atoms with van der Waals surface area (Å²) >= 11 is 0. The number of benzene rings is 1. The molecule has 4 heteroatoms. The molecule has 1 aromatic rings. The van der Waals surface area contributed by atoms with Crippen LogP contribution in [0, 0.1) is 12.8 Å². The molecule has 0 unspecified atom stereocenters. The maximum absolute atomic E-state index is 12.4. The van der Waals surface area contributed by atoms with Crippen molar-refractivity contribution in [3.05, 3.63) is 29.3 Å². The molecule has 0 aromatic heterocycles. The number of hydrogen-bond donors (Lipinski definition) is 2. The van der Waals surface area contributed by atoms with Gasteiger partial charge in [-0.1, -0.05) is 0 Å². The molecule has 0 radical (unpaired) electrons. The number of fused-ring (bicyclic) bond motifs is 1. The Morgan fingerprint density at radius 3 is 3.00 bits per heavy atom. The molecule has 2 fully saturated rings. The molecule has 2 aliphatic rings. The van der Waals surface area contributed by atoms with Gasteiger partial charge < -0.3 is 15.3 Å². The Morgan fingerprint density at radius 2 is 2.28 bits per heavy atom. The first-order valence-electron chi connectivity index (χ1n) is 6.47. The van der Waals surface area contributed by atoms with Crippen molar-refractivity contribution in [1.29, 1.82) is 0 Å². The maximum atomic E-state index is 12.4. The SMILES string of the molecule is Cc1cc(O)ccc1C(=O)N1C[C@@H]2CCN[C@@H]2C1. The van der Waals surface area contributed by atoms with Crippen molar-refractivity contribution in [2.45, 2.75) is 19.4 Å². The van der Waals surface area contributed by atoms with Gasteiger partial charge >= 0.3 is 0 Å². The van der Waals surface area contributed by atoms with Crippen LogP contribution >= 0.6 is 0 Å². The van der Waals surface area contributed by atoms with Crippen LogP contribution in [-0.2, 0) is 0 Å². The van der Waals surface area contributed by atoms with Crippen molar-refractivity contribution in [1.82, 2.24) is 10.2 Å². The van der Waals surface area contributed by atoms with E-state index < -0.39 is 0 Å². The average Bonchev–Trinajstić information content (AvgIpc) is 2.87. The molecule has 2 N–H and O–H groups in total. The highest BCUT2D eigenvalue weighted by Crippen LogP contribution is 2.27. The zero-order valence-electron chi connectivity index (χ0n) is 10.5. The van der Waals surface area contributed by atoms with Gasteiger partial charge in [-0.25, -0.2) is 0 Å². The molecule has 1 aromatic carbocycles. The summed E-state index contributed by atoms with van der Waals surface area (Å²) in [6.45, 7) is 4.61. The van der Waals surface area contributed by atoms with E-state index in [4.69, 9.17) is 0 Å². The highest BCUT2D eigenvalue weighted by atomic mass is 16.3. The normalized spacial score (nSPS) is 26.4. The summed E-state index contributed by atoms with van der Waals surface area (Å²) in [6, 6.07) is 5.41. The molecule has 0 aliphatic carbocycles. The summed E-state index contributed by atoms with van der Waals surface area (Å²) in [5, 5.41) is 12.8. The molecule has 96 valence electrons. The topological polar surface area (TPSA) is 52.6 Å². The Bertz CT molecular complexity index is 475. The highest BCUT2D eigenvalue weighted by molar-refractivity contribution is 5.96. The number of carbonyl (C=O) groups is 1. The van der Waals surface area contributed by atoms with Gasteiger partial charge in [-0.15, -0.1) is 0 Å². The minimum atomic E-state index is 0.0868. The Morgan fingerprint density at radius 1 is 1.44 bits per heavy atom. The zero-order chi connectivity index (χ0) is 12.7. The van der Waals surface area contributed by atoms with Crippen LogP contribution in [0.4, 0.5) is 0 Å². The second kappa shape index (κ2) is 4.28. The van der Waals surface area contributed by atoms with Gasteiger partial charge in [-0.2, -0.15) is 0 Å². The molecule has 2 atom stereocenters. The molecular formula is C14H18N2O2. The van der Waals surface area contributed by atoms with Gasteiger partial charge in [0.25, 0.3) is 5.91 Å². The maximum Gasteiger partial charge on any atom is 0.254 e. The first-order chi connectivity index (χ1) is 8.65. The lowest BCUT2D eigenvalue weighted by molar-refractivity contribution is 0.0782. The number of carbonyl (C=O) groups excluding carboxylic acids is 1. The van der Waals surface area contributed by atoms with Crippen LogP contribution in [0.2, 0.25) is 0 Å². The van der Waals surface area contributed by atoms with Crippen LogP contribution in [-0.4, -0.2) is 41.6 Å². The number of nitrogens with one attached hydrogen (secondary N) is 1. The molecule has 0 bridgehead atoms. The molecular weight excluding hydrogens is 228 g/mol. The number of hydrogen-bond acceptors (Lipinski definition) is 3. The lowest BCUT2D eigenvalue weighted by atomic mass is 10.1. The van der Waals surface area contributed by atoms with Crippen LogP contribution in [0.15, 0.2) is 18.2 Å². The first-order valence-corrected chi connectivity index (χ1v) is 6.47. The number of likely N-dealkylation sites (tertiary alicyclic amines) is 1. The van der Waals surface area contributed by atoms with E-state index in [1.54, 1.807) is 18.2 Å². The Balaban J connectivity index is 1.79. The summed E-state index contributed by atoms with van der Waals surface area (Å²) in [5.74, 6) is 0.916. The van der Waals surface area contributed by atoms with Crippen molar-refractivity contribution < 1.29 is 9.90 Å². The lowest BCUT2D eigenvalue weighted by Crippen LogP contribution is -2.34. The number of rotatable bonds is 1. The number of aryl methyl sites for hydroxylation is 1. The number of aromatic hydroxyl groups is 1. The Kier molecular flexibility index (Phi) is 2.74. The fourth-order valence-electron chi connectivity index (χ4n) is 3.07. The summed E-state index contributed by atoms with van der Waals surface area (Å²) in [6.07, 6.45) is 1.17. The number of nitrogens with zero attached hydrogens (tertiary/aromatic N) is 1. The van der Waals surface area contributed by atoms with Crippen LogP contribution in [0.5, 0.6) is 5.75 Å². The minimum absolute atomic E-state index is 0.0868. The lowest BCUT2D eigenvalue weighted by Gasteiger charge is -2.18. The van der Waals surface area contributed by atoms with Crippen molar-refractivity contribution >= 4 is 5.91 Å². The summed E-state index contributed by atoms with van der Waals surface area (Å²) < 4.78 is 0. The third kappa shape index (κ3) is 1.86. The van der Waals surface area contributed by atoms with E-state index >= 15 is 0 Å². The Labute approximate surface area is 107 Å². The van der Waals surface area contributed by atoms with Crippen molar-refractivity contribution in [2.24, 2.45) is 5.92 Å². The van der Waals surface area contributed by atoms with E-state index in [1.165, 1.54) is 6.42 Å². The number of amides is 1. The Hall–Kier alpha value is -1.55. The van der Waals surface area contributed by atoms with Gasteiger partial charge in [0.05, 0.1) is 0 Å². The third-order valence-corrected chi connectivity index (χ3v) is 4.09. The minimum Gasteiger partial charge on any atom is -0.508 e. The molecule has 2 heterocycles. The van der Waals surface area contributed by atoms with E-state index in [0.29, 0.717) is 17.5 Å². The van der Waals surface area contributed by atoms with E-state index in [-0.39, 0.29) is 11.7 Å². The molecule has 2 aliphatic heterocycles. The molecule has 0 saturated carbocycles. The molecule has 3 rings (SSSR count). The fourth-order valence-corrected chi connectivity index (χ4v) is 3.07. The van der Waals surface area contributed by atoms with Crippen LogP contribution in [0.1, 0.15) is 22.3 Å². The predicted molar refractivity (Wildman–Crippen MR) is 68.6 cm³/mol. The van der Waals surface area contributed by atoms with Gasteiger partial charge in [-0.3, -0.25) is 4.79 Å². The van der Waals surface area contributed by atoms with E-state index in [1.807, 2.05) is 11.8 Å². The average molecular weight is 246 g/mol. The molecule has 2 saturated heterocycles. The highest BCUT2D eigenvalue weighted by Gasteiger charge is 2.38. The second-order valence-electron chi connectivity index (χ2n) is 5.32. The quantitative estimate of drug-likeness (QED) is 0.781. The summed E-state index contributed by atoms with van der Waals surface area (Å²) in [7, 11) is 0. The van der Waals surface area contributed by atoms with Crippen molar-refractivity contribution in [3.8, 4) is 5.75 Å². The molecule has 4 nitrogen and oxygen atoms in total. The van der Waals surface area contributed by atoms with Gasteiger partial charge in [0.1, 0.15) is 5.75 Å².